The van der Waals surface area contributed by atoms with Gasteiger partial charge in [0.05, 0.1) is 0 Å². The first-order valence-corrected chi connectivity index (χ1v) is 5.48. The van der Waals surface area contributed by atoms with Gasteiger partial charge < -0.3 is 10.2 Å². The molecule has 0 bridgehead atoms. The van der Waals surface area contributed by atoms with Gasteiger partial charge in [-0.2, -0.15) is 0 Å². The van der Waals surface area contributed by atoms with E-state index in [1.165, 1.54) is 11.8 Å². The van der Waals surface area contributed by atoms with E-state index in [9.17, 15) is 4.79 Å². The predicted molar refractivity (Wildman–Crippen MR) is 60.3 cm³/mol. The second-order valence-electron chi connectivity index (χ2n) is 3.15. The fourth-order valence-electron chi connectivity index (χ4n) is 1.23. The van der Waals surface area contributed by atoms with Crippen LogP contribution in [0.4, 0.5) is 0 Å². The summed E-state index contributed by atoms with van der Waals surface area (Å²) in [5.41, 5.74) is 5.39. The number of hydrogen-bond acceptors (Lipinski definition) is 4. The lowest BCUT2D eigenvalue weighted by Gasteiger charge is -1.97. The Morgan fingerprint density at radius 2 is 2.06 bits per heavy atom. The molecule has 0 aliphatic carbocycles. The van der Waals surface area contributed by atoms with Crippen molar-refractivity contribution in [1.82, 2.24) is 4.98 Å². The minimum atomic E-state index is -0.574. The zero-order valence-corrected chi connectivity index (χ0v) is 9.45. The van der Waals surface area contributed by atoms with Crippen LogP contribution in [-0.4, -0.2) is 10.9 Å². The lowest BCUT2D eigenvalue weighted by molar-refractivity contribution is 0.0991. The van der Waals surface area contributed by atoms with E-state index >= 15 is 0 Å². The number of amides is 1. The smallest absolute Gasteiger partial charge is 0.271 e. The van der Waals surface area contributed by atoms with E-state index in [1.807, 2.05) is 30.3 Å². The highest BCUT2D eigenvalue weighted by molar-refractivity contribution is 7.99. The summed E-state index contributed by atoms with van der Waals surface area (Å²) in [4.78, 5) is 16.0. The van der Waals surface area contributed by atoms with Gasteiger partial charge in [0.25, 0.3) is 5.91 Å². The van der Waals surface area contributed by atoms with Crippen molar-refractivity contribution in [2.24, 2.45) is 5.73 Å². The van der Waals surface area contributed by atoms with Crippen LogP contribution in [0.2, 0.25) is 0 Å². The molecule has 0 spiro atoms. The van der Waals surface area contributed by atoms with Gasteiger partial charge in [-0.15, -0.1) is 0 Å². The molecule has 1 aromatic carbocycles. The van der Waals surface area contributed by atoms with Gasteiger partial charge in [0, 0.05) is 11.8 Å². The molecule has 1 aromatic heterocycles. The van der Waals surface area contributed by atoms with Crippen molar-refractivity contribution < 1.29 is 9.21 Å². The molecule has 0 aliphatic rings. The topological polar surface area (TPSA) is 69.1 Å². The van der Waals surface area contributed by atoms with Crippen LogP contribution in [0.5, 0.6) is 0 Å². The highest BCUT2D eigenvalue weighted by Crippen LogP contribution is 2.30. The van der Waals surface area contributed by atoms with Crippen LogP contribution in [-0.2, 0) is 0 Å². The molecule has 2 aromatic rings. The molecule has 0 fully saturated rings. The number of hydrogen-bond donors (Lipinski definition) is 1. The average Bonchev–Trinajstić information content (AvgIpc) is 2.61. The van der Waals surface area contributed by atoms with E-state index in [-0.39, 0.29) is 5.69 Å². The first kappa shape index (κ1) is 10.8. The third-order valence-corrected chi connectivity index (χ3v) is 2.86. The van der Waals surface area contributed by atoms with E-state index in [1.54, 1.807) is 6.92 Å². The van der Waals surface area contributed by atoms with E-state index in [2.05, 4.69) is 4.98 Å². The van der Waals surface area contributed by atoms with Crippen LogP contribution in [0.25, 0.3) is 0 Å². The Hall–Kier alpha value is -1.75. The summed E-state index contributed by atoms with van der Waals surface area (Å²) < 4.78 is 5.33. The Labute approximate surface area is 96.9 Å². The van der Waals surface area contributed by atoms with E-state index in [4.69, 9.17) is 10.2 Å². The van der Waals surface area contributed by atoms with Crippen LogP contribution in [0.1, 0.15) is 16.4 Å². The van der Waals surface area contributed by atoms with Gasteiger partial charge in [-0.25, -0.2) is 4.98 Å². The normalized spacial score (nSPS) is 10.3. The van der Waals surface area contributed by atoms with Crippen molar-refractivity contribution >= 4 is 17.7 Å². The standard InChI is InChI=1S/C11H10N2O2S/c1-7-13-9(10(12)14)11(15-7)16-8-5-3-2-4-6-8/h2-6H,1H3,(H2,12,14). The third-order valence-electron chi connectivity index (χ3n) is 1.89. The molecule has 1 heterocycles. The zero-order chi connectivity index (χ0) is 11.5. The van der Waals surface area contributed by atoms with Crippen molar-refractivity contribution in [2.75, 3.05) is 0 Å². The van der Waals surface area contributed by atoms with E-state index in [0.29, 0.717) is 11.0 Å². The summed E-state index contributed by atoms with van der Waals surface area (Å²) in [6.45, 7) is 1.68. The number of aromatic nitrogens is 1. The van der Waals surface area contributed by atoms with Gasteiger partial charge in [-0.05, 0) is 23.9 Å². The fourth-order valence-corrected chi connectivity index (χ4v) is 2.14. The number of nitrogens with zero attached hydrogens (tertiary/aromatic N) is 1. The van der Waals surface area contributed by atoms with Crippen LogP contribution < -0.4 is 5.73 Å². The fraction of sp³-hybridized carbons (Fsp3) is 0.0909. The molecule has 0 saturated carbocycles. The quantitative estimate of drug-likeness (QED) is 0.884. The lowest BCUT2D eigenvalue weighted by Crippen LogP contribution is -2.12. The molecule has 1 amide bonds. The molecule has 0 atom stereocenters. The summed E-state index contributed by atoms with van der Waals surface area (Å²) in [6, 6.07) is 9.59. The minimum Gasteiger partial charge on any atom is -0.434 e. The van der Waals surface area contributed by atoms with Crippen LogP contribution in [0, 0.1) is 6.92 Å². The number of oxazole rings is 1. The van der Waals surface area contributed by atoms with Crippen molar-refractivity contribution in [3.63, 3.8) is 0 Å². The lowest BCUT2D eigenvalue weighted by atomic mass is 10.4. The number of carbonyl (C=O) groups excluding carboxylic acids is 1. The van der Waals surface area contributed by atoms with Crippen LogP contribution in [0.15, 0.2) is 44.7 Å². The first-order valence-electron chi connectivity index (χ1n) is 4.67. The molecule has 16 heavy (non-hydrogen) atoms. The van der Waals surface area contributed by atoms with Gasteiger partial charge in [0.1, 0.15) is 0 Å². The third kappa shape index (κ3) is 2.25. The number of aryl methyl sites for hydroxylation is 1. The Balaban J connectivity index is 2.31. The van der Waals surface area contributed by atoms with Crippen molar-refractivity contribution in [2.45, 2.75) is 16.9 Å². The highest BCUT2D eigenvalue weighted by atomic mass is 32.2. The van der Waals surface area contributed by atoms with Crippen molar-refractivity contribution in [3.8, 4) is 0 Å². The Kier molecular flexibility index (Phi) is 2.96. The SMILES string of the molecule is Cc1nc(C(N)=O)c(Sc2ccccc2)o1. The molecule has 0 radical (unpaired) electrons. The number of benzene rings is 1. The van der Waals surface area contributed by atoms with E-state index < -0.39 is 5.91 Å². The number of primary amides is 1. The van der Waals surface area contributed by atoms with E-state index in [0.717, 1.165) is 4.90 Å². The summed E-state index contributed by atoms with van der Waals surface area (Å²) in [7, 11) is 0. The molecular weight excluding hydrogens is 224 g/mol. The van der Waals surface area contributed by atoms with Gasteiger partial charge in [-0.3, -0.25) is 4.79 Å². The molecule has 5 heteroatoms. The second-order valence-corrected chi connectivity index (χ2v) is 4.19. The number of rotatable bonds is 3. The summed E-state index contributed by atoms with van der Waals surface area (Å²) in [6.07, 6.45) is 0. The minimum absolute atomic E-state index is 0.186. The Bertz CT molecular complexity index is 508. The molecule has 2 rings (SSSR count). The van der Waals surface area contributed by atoms with Crippen molar-refractivity contribution in [3.05, 3.63) is 41.9 Å². The van der Waals surface area contributed by atoms with Crippen molar-refractivity contribution in [1.29, 1.82) is 0 Å². The summed E-state index contributed by atoms with van der Waals surface area (Å²) in [5, 5.41) is 0.441. The maximum Gasteiger partial charge on any atom is 0.271 e. The Morgan fingerprint density at radius 3 is 2.69 bits per heavy atom. The largest absolute Gasteiger partial charge is 0.434 e. The average molecular weight is 234 g/mol. The summed E-state index contributed by atoms with van der Waals surface area (Å²) >= 11 is 1.33. The molecule has 82 valence electrons. The van der Waals surface area contributed by atoms with Gasteiger partial charge in [0.2, 0.25) is 0 Å². The number of carbonyl (C=O) groups is 1. The first-order chi connectivity index (χ1) is 7.66. The second kappa shape index (κ2) is 4.40. The number of nitrogens with two attached hydrogens (primary N) is 1. The van der Waals surface area contributed by atoms with Gasteiger partial charge in [0.15, 0.2) is 16.7 Å². The highest BCUT2D eigenvalue weighted by Gasteiger charge is 2.16. The maximum absolute atomic E-state index is 11.1. The molecule has 0 aliphatic heterocycles. The molecule has 0 unspecified atom stereocenters. The van der Waals surface area contributed by atoms with Gasteiger partial charge >= 0.3 is 0 Å². The monoisotopic (exact) mass is 234 g/mol. The molecule has 0 saturated heterocycles. The molecular formula is C11H10N2O2S. The Morgan fingerprint density at radius 1 is 1.38 bits per heavy atom. The predicted octanol–water partition coefficient (Wildman–Crippen LogP) is 2.23. The maximum atomic E-state index is 11.1. The van der Waals surface area contributed by atoms with Crippen LogP contribution >= 0.6 is 11.8 Å². The zero-order valence-electron chi connectivity index (χ0n) is 8.64. The summed E-state index contributed by atoms with van der Waals surface area (Å²) in [5.74, 6) is -0.137. The molecule has 4 nitrogen and oxygen atoms in total. The van der Waals surface area contributed by atoms with Gasteiger partial charge in [-0.1, -0.05) is 18.2 Å². The van der Waals surface area contributed by atoms with Crippen LogP contribution in [0.3, 0.4) is 0 Å². The molecule has 2 N–H and O–H groups in total.